The quantitative estimate of drug-likeness (QED) is 0.646. The normalized spacial score (nSPS) is 20.4. The predicted molar refractivity (Wildman–Crippen MR) is 121 cm³/mol. The molecule has 0 spiro atoms. The molecule has 6 nitrogen and oxygen atoms in total. The molecule has 2 aliphatic rings. The maximum atomic E-state index is 12.6. The van der Waals surface area contributed by atoms with Gasteiger partial charge < -0.3 is 15.7 Å². The fourth-order valence-electron chi connectivity index (χ4n) is 4.74. The molecule has 1 saturated carbocycles. The van der Waals surface area contributed by atoms with Crippen molar-refractivity contribution >= 4 is 17.7 Å². The summed E-state index contributed by atoms with van der Waals surface area (Å²) in [6.45, 7) is 3.54. The molecule has 31 heavy (non-hydrogen) atoms. The first-order chi connectivity index (χ1) is 15.0. The Kier molecular flexibility index (Phi) is 6.54. The van der Waals surface area contributed by atoms with Crippen molar-refractivity contribution in [2.45, 2.75) is 58.4 Å². The number of hydrogen-bond donors (Lipinski definition) is 3. The third-order valence-corrected chi connectivity index (χ3v) is 6.62. The van der Waals surface area contributed by atoms with Crippen LogP contribution in [0, 0.1) is 18.8 Å². The van der Waals surface area contributed by atoms with Crippen molar-refractivity contribution in [1.82, 2.24) is 10.3 Å². The van der Waals surface area contributed by atoms with Crippen molar-refractivity contribution < 1.29 is 14.7 Å². The van der Waals surface area contributed by atoms with E-state index in [1.807, 2.05) is 0 Å². The van der Waals surface area contributed by atoms with E-state index in [1.54, 1.807) is 0 Å². The van der Waals surface area contributed by atoms with Gasteiger partial charge in [-0.2, -0.15) is 0 Å². The summed E-state index contributed by atoms with van der Waals surface area (Å²) < 4.78 is 0. The molecule has 3 N–H and O–H groups in total. The van der Waals surface area contributed by atoms with Crippen molar-refractivity contribution in [2.75, 3.05) is 11.9 Å². The average molecular weight is 422 g/mol. The van der Waals surface area contributed by atoms with Crippen LogP contribution in [-0.2, 0) is 22.6 Å². The Morgan fingerprint density at radius 2 is 1.97 bits per heavy atom. The maximum Gasteiger partial charge on any atom is 0.303 e. The number of carbonyl (C=O) groups is 2. The molecule has 0 atom stereocenters. The van der Waals surface area contributed by atoms with Gasteiger partial charge >= 0.3 is 5.97 Å². The number of benzene rings is 1. The van der Waals surface area contributed by atoms with Gasteiger partial charge in [-0.3, -0.25) is 9.59 Å². The highest BCUT2D eigenvalue weighted by Crippen LogP contribution is 2.31. The highest BCUT2D eigenvalue weighted by molar-refractivity contribution is 5.79. The Hall–Kier alpha value is -2.89. The van der Waals surface area contributed by atoms with Crippen LogP contribution in [0.2, 0.25) is 0 Å². The first-order valence-corrected chi connectivity index (χ1v) is 11.3. The van der Waals surface area contributed by atoms with Crippen LogP contribution in [0.4, 0.5) is 5.82 Å². The number of aliphatic carboxylic acids is 1. The average Bonchev–Trinajstić information content (AvgIpc) is 2.78. The summed E-state index contributed by atoms with van der Waals surface area (Å²) in [5.74, 6) is 0.516. The molecule has 1 fully saturated rings. The van der Waals surface area contributed by atoms with Crippen molar-refractivity contribution in [3.63, 3.8) is 0 Å². The van der Waals surface area contributed by atoms with Gasteiger partial charge in [0.15, 0.2) is 0 Å². The third-order valence-electron chi connectivity index (χ3n) is 6.62. The topological polar surface area (TPSA) is 91.3 Å². The van der Waals surface area contributed by atoms with E-state index < -0.39 is 5.97 Å². The van der Waals surface area contributed by atoms with Gasteiger partial charge in [-0.25, -0.2) is 4.98 Å². The molecular formula is C25H31N3O3. The smallest absolute Gasteiger partial charge is 0.303 e. The van der Waals surface area contributed by atoms with Crippen LogP contribution in [0.1, 0.15) is 55.2 Å². The van der Waals surface area contributed by atoms with E-state index in [0.717, 1.165) is 73.3 Å². The highest BCUT2D eigenvalue weighted by atomic mass is 16.4. The summed E-state index contributed by atoms with van der Waals surface area (Å²) in [6, 6.07) is 10.5. The Labute approximate surface area is 183 Å². The number of amides is 1. The van der Waals surface area contributed by atoms with Crippen molar-refractivity contribution in [1.29, 1.82) is 0 Å². The van der Waals surface area contributed by atoms with Gasteiger partial charge in [-0.05, 0) is 80.2 Å². The number of hydrogen-bond acceptors (Lipinski definition) is 4. The van der Waals surface area contributed by atoms with Crippen LogP contribution in [0.15, 0.2) is 30.3 Å². The van der Waals surface area contributed by atoms with E-state index >= 15 is 0 Å². The number of aryl methyl sites for hydroxylation is 2. The number of fused-ring (bicyclic) bond motifs is 1. The lowest BCUT2D eigenvalue weighted by molar-refractivity contribution is -0.138. The van der Waals surface area contributed by atoms with Gasteiger partial charge in [-0.15, -0.1) is 0 Å². The van der Waals surface area contributed by atoms with E-state index in [2.05, 4.69) is 47.9 Å². The lowest BCUT2D eigenvalue weighted by Gasteiger charge is -2.26. The van der Waals surface area contributed by atoms with Crippen LogP contribution in [0.3, 0.4) is 0 Å². The monoisotopic (exact) mass is 421 g/mol. The summed E-state index contributed by atoms with van der Waals surface area (Å²) in [7, 11) is 0. The molecule has 6 heteroatoms. The Morgan fingerprint density at radius 3 is 2.74 bits per heavy atom. The Morgan fingerprint density at radius 1 is 1.16 bits per heavy atom. The fourth-order valence-corrected chi connectivity index (χ4v) is 4.74. The lowest BCUT2D eigenvalue weighted by Crippen LogP contribution is -2.33. The standard InChI is InChI=1S/C25H31N3O3/c1-16-4-5-18(13-21(16)22-11-10-19-3-2-12-26-24(19)28-22)15-27-25(31)20-8-6-17(7-9-20)14-23(29)30/h4-5,10-11,13,17,20H,2-3,6-9,12,14-15H2,1H3,(H,26,28)(H,27,31)(H,29,30). The zero-order valence-electron chi connectivity index (χ0n) is 18.1. The minimum atomic E-state index is -0.743. The molecule has 2 heterocycles. The number of carbonyl (C=O) groups excluding carboxylic acids is 1. The van der Waals surface area contributed by atoms with Gasteiger partial charge in [0, 0.05) is 31.0 Å². The highest BCUT2D eigenvalue weighted by Gasteiger charge is 2.27. The van der Waals surface area contributed by atoms with Gasteiger partial charge in [0.05, 0.1) is 5.69 Å². The molecule has 1 amide bonds. The SMILES string of the molecule is Cc1ccc(CNC(=O)C2CCC(CC(=O)O)CC2)cc1-c1ccc2c(n1)NCCC2. The van der Waals surface area contributed by atoms with Crippen LogP contribution < -0.4 is 10.6 Å². The second kappa shape index (κ2) is 9.50. The molecule has 1 aliphatic heterocycles. The molecule has 164 valence electrons. The summed E-state index contributed by atoms with van der Waals surface area (Å²) in [5, 5.41) is 15.4. The minimum absolute atomic E-state index is 0.0108. The van der Waals surface area contributed by atoms with Crippen molar-refractivity contribution in [2.24, 2.45) is 11.8 Å². The lowest BCUT2D eigenvalue weighted by atomic mass is 9.80. The number of nitrogens with one attached hydrogen (secondary N) is 2. The molecule has 2 aromatic rings. The van der Waals surface area contributed by atoms with E-state index in [9.17, 15) is 9.59 Å². The molecule has 0 saturated heterocycles. The molecule has 0 unspecified atom stereocenters. The molecule has 0 bridgehead atoms. The minimum Gasteiger partial charge on any atom is -0.481 e. The van der Waals surface area contributed by atoms with E-state index in [0.29, 0.717) is 6.54 Å². The first-order valence-electron chi connectivity index (χ1n) is 11.3. The number of rotatable bonds is 6. The first kappa shape index (κ1) is 21.3. The van der Waals surface area contributed by atoms with E-state index in [-0.39, 0.29) is 24.2 Å². The summed E-state index contributed by atoms with van der Waals surface area (Å²) in [4.78, 5) is 28.4. The molecular weight excluding hydrogens is 390 g/mol. The van der Waals surface area contributed by atoms with Gasteiger partial charge in [-0.1, -0.05) is 18.2 Å². The fraction of sp³-hybridized carbons (Fsp3) is 0.480. The van der Waals surface area contributed by atoms with Crippen LogP contribution >= 0.6 is 0 Å². The Balaban J connectivity index is 1.38. The summed E-state index contributed by atoms with van der Waals surface area (Å²) in [5.41, 5.74) is 5.54. The molecule has 1 aliphatic carbocycles. The van der Waals surface area contributed by atoms with Crippen LogP contribution in [0.5, 0.6) is 0 Å². The zero-order chi connectivity index (χ0) is 21.8. The number of aromatic nitrogens is 1. The molecule has 1 aromatic heterocycles. The second-order valence-corrected chi connectivity index (χ2v) is 8.92. The molecule has 0 radical (unpaired) electrons. The number of nitrogens with zero attached hydrogens (tertiary/aromatic N) is 1. The number of carboxylic acids is 1. The number of carboxylic acid groups (broad SMARTS) is 1. The number of pyridine rings is 1. The van der Waals surface area contributed by atoms with Gasteiger partial charge in [0.2, 0.25) is 5.91 Å². The van der Waals surface area contributed by atoms with Crippen molar-refractivity contribution in [3.8, 4) is 11.3 Å². The Bertz CT molecular complexity index is 964. The third kappa shape index (κ3) is 5.24. The van der Waals surface area contributed by atoms with E-state index in [4.69, 9.17) is 10.1 Å². The zero-order valence-corrected chi connectivity index (χ0v) is 18.1. The molecule has 4 rings (SSSR count). The van der Waals surface area contributed by atoms with Crippen molar-refractivity contribution in [3.05, 3.63) is 47.0 Å². The van der Waals surface area contributed by atoms with Crippen LogP contribution in [0.25, 0.3) is 11.3 Å². The van der Waals surface area contributed by atoms with Gasteiger partial charge in [0.1, 0.15) is 5.82 Å². The van der Waals surface area contributed by atoms with Crippen LogP contribution in [-0.4, -0.2) is 28.5 Å². The summed E-state index contributed by atoms with van der Waals surface area (Å²) >= 11 is 0. The van der Waals surface area contributed by atoms with Gasteiger partial charge in [0.25, 0.3) is 0 Å². The number of anilines is 1. The second-order valence-electron chi connectivity index (χ2n) is 8.92. The van der Waals surface area contributed by atoms with E-state index in [1.165, 1.54) is 5.56 Å². The summed E-state index contributed by atoms with van der Waals surface area (Å²) in [6.07, 6.45) is 5.60. The predicted octanol–water partition coefficient (Wildman–Crippen LogP) is 4.31. The molecule has 1 aromatic carbocycles. The largest absolute Gasteiger partial charge is 0.481 e. The maximum absolute atomic E-state index is 12.6.